The molecular weight excluding hydrogens is 520 g/mol. The predicted octanol–water partition coefficient (Wildman–Crippen LogP) is 0.307. The highest BCUT2D eigenvalue weighted by Crippen LogP contribution is 2.39. The van der Waals surface area contributed by atoms with Gasteiger partial charge in [-0.15, -0.1) is 0 Å². The highest BCUT2D eigenvalue weighted by molar-refractivity contribution is 5.69. The van der Waals surface area contributed by atoms with Crippen LogP contribution in [0, 0.1) is 5.92 Å². The molecule has 0 aromatic carbocycles. The van der Waals surface area contributed by atoms with Crippen LogP contribution in [0.15, 0.2) is 9.59 Å². The lowest BCUT2D eigenvalue weighted by molar-refractivity contribution is -0.195. The molecule has 5 atom stereocenters. The van der Waals surface area contributed by atoms with E-state index in [1.807, 2.05) is 13.8 Å². The first kappa shape index (κ1) is 31.5. The van der Waals surface area contributed by atoms with Crippen LogP contribution in [0.4, 0.5) is 0 Å². The summed E-state index contributed by atoms with van der Waals surface area (Å²) >= 11 is 0. The van der Waals surface area contributed by atoms with Gasteiger partial charge in [-0.3, -0.25) is 33.1 Å². The van der Waals surface area contributed by atoms with E-state index >= 15 is 0 Å². The predicted molar refractivity (Wildman–Crippen MR) is 133 cm³/mol. The zero-order valence-corrected chi connectivity index (χ0v) is 23.4. The van der Waals surface area contributed by atoms with Crippen molar-refractivity contribution in [2.45, 2.75) is 78.5 Å². The maximum Gasteiger partial charge on any atom is 0.333 e. The molecule has 0 amide bonds. The van der Waals surface area contributed by atoms with Crippen molar-refractivity contribution in [1.82, 2.24) is 9.13 Å². The van der Waals surface area contributed by atoms with Gasteiger partial charge in [-0.25, -0.2) is 4.79 Å². The number of hydrogen-bond acceptors (Lipinski definition) is 12. The summed E-state index contributed by atoms with van der Waals surface area (Å²) in [5.41, 5.74) is -1.44. The number of fused-ring (bicyclic) bond motifs is 1. The zero-order valence-electron chi connectivity index (χ0n) is 23.4. The van der Waals surface area contributed by atoms with Crippen molar-refractivity contribution in [3.05, 3.63) is 26.4 Å². The normalized spacial score (nSPS) is 18.7. The Hall–Kier alpha value is -3.68. The van der Waals surface area contributed by atoms with Gasteiger partial charge < -0.3 is 28.4 Å². The number of hydrogen-bond donors (Lipinski definition) is 0. The molecular formula is C25H36N2O12. The molecule has 0 N–H and O–H groups in total. The van der Waals surface area contributed by atoms with Gasteiger partial charge >= 0.3 is 29.6 Å². The summed E-state index contributed by atoms with van der Waals surface area (Å²) in [7, 11) is 2.67. The van der Waals surface area contributed by atoms with Crippen molar-refractivity contribution in [3.8, 4) is 5.88 Å². The fourth-order valence-electron chi connectivity index (χ4n) is 4.23. The molecule has 0 bridgehead atoms. The summed E-state index contributed by atoms with van der Waals surface area (Å²) in [4.78, 5) is 74.1. The molecule has 0 aliphatic carbocycles. The fourth-order valence-corrected chi connectivity index (χ4v) is 4.23. The molecule has 218 valence electrons. The monoisotopic (exact) mass is 556 g/mol. The molecule has 1 aromatic heterocycles. The third-order valence-corrected chi connectivity index (χ3v) is 5.78. The maximum atomic E-state index is 13.4. The van der Waals surface area contributed by atoms with E-state index in [9.17, 15) is 28.8 Å². The molecule has 14 heteroatoms. The first-order chi connectivity index (χ1) is 18.1. The second kappa shape index (κ2) is 13.4. The number of esters is 4. The minimum Gasteiger partial charge on any atom is -0.462 e. The second-order valence-electron chi connectivity index (χ2n) is 9.64. The topological polar surface area (TPSA) is 168 Å². The molecule has 1 aliphatic heterocycles. The Labute approximate surface area is 225 Å². The largest absolute Gasteiger partial charge is 0.462 e. The van der Waals surface area contributed by atoms with Crippen LogP contribution in [0.3, 0.4) is 0 Å². The van der Waals surface area contributed by atoms with Crippen molar-refractivity contribution in [2.75, 3.05) is 13.2 Å². The molecule has 2 rings (SSSR count). The van der Waals surface area contributed by atoms with Crippen LogP contribution < -0.4 is 16.0 Å². The third kappa shape index (κ3) is 8.15. The van der Waals surface area contributed by atoms with Crippen molar-refractivity contribution in [2.24, 2.45) is 20.0 Å². The zero-order chi connectivity index (χ0) is 29.6. The second-order valence-corrected chi connectivity index (χ2v) is 9.64. The minimum atomic E-state index is -1.53. The number of carbonyl (C=O) groups is 4. The minimum absolute atomic E-state index is 0.0403. The molecule has 0 fully saturated rings. The molecule has 0 saturated carbocycles. The van der Waals surface area contributed by atoms with Gasteiger partial charge in [-0.1, -0.05) is 13.8 Å². The van der Waals surface area contributed by atoms with Gasteiger partial charge in [0, 0.05) is 54.1 Å². The van der Waals surface area contributed by atoms with E-state index in [-0.39, 0.29) is 30.4 Å². The maximum absolute atomic E-state index is 13.4. The molecule has 2 heterocycles. The Kier molecular flexibility index (Phi) is 10.8. The van der Waals surface area contributed by atoms with Crippen molar-refractivity contribution >= 4 is 23.9 Å². The summed E-state index contributed by atoms with van der Waals surface area (Å²) in [6.45, 7) is 7.97. The summed E-state index contributed by atoms with van der Waals surface area (Å²) in [6, 6.07) is 0. The fraction of sp³-hybridized carbons (Fsp3) is 0.680. The average molecular weight is 557 g/mol. The molecule has 0 unspecified atom stereocenters. The van der Waals surface area contributed by atoms with Gasteiger partial charge in [0.05, 0.1) is 12.2 Å². The average Bonchev–Trinajstić information content (AvgIpc) is 2.83. The lowest BCUT2D eigenvalue weighted by atomic mass is 9.84. The highest BCUT2D eigenvalue weighted by Gasteiger charge is 2.48. The SMILES string of the molecule is CC(=O)OC[C@H](OC(C)=O)[C@@H](OC(C)=O)[C@H](OC(C)=O)[C@@H]1C[C@H](OCC(C)C)Oc2c1c(=O)n(C)c(=O)n2C. The molecule has 0 radical (unpaired) electrons. The summed E-state index contributed by atoms with van der Waals surface area (Å²) < 4.78 is 35.2. The number of nitrogens with zero attached hydrogens (tertiary/aromatic N) is 2. The van der Waals surface area contributed by atoms with Crippen molar-refractivity contribution in [1.29, 1.82) is 0 Å². The van der Waals surface area contributed by atoms with E-state index in [0.29, 0.717) is 0 Å². The number of ether oxygens (including phenoxy) is 6. The molecule has 14 nitrogen and oxygen atoms in total. The first-order valence-electron chi connectivity index (χ1n) is 12.4. The molecule has 1 aliphatic rings. The molecule has 0 spiro atoms. The Bertz CT molecular complexity index is 1200. The van der Waals surface area contributed by atoms with Crippen LogP contribution in [0.25, 0.3) is 0 Å². The summed E-state index contributed by atoms with van der Waals surface area (Å²) in [6.07, 6.45) is -5.46. The van der Waals surface area contributed by atoms with E-state index in [2.05, 4.69) is 0 Å². The van der Waals surface area contributed by atoms with E-state index in [4.69, 9.17) is 28.4 Å². The van der Waals surface area contributed by atoms with E-state index in [0.717, 1.165) is 36.8 Å². The van der Waals surface area contributed by atoms with Crippen LogP contribution in [0.1, 0.15) is 59.4 Å². The van der Waals surface area contributed by atoms with E-state index in [1.54, 1.807) is 0 Å². The van der Waals surface area contributed by atoms with Gasteiger partial charge in [0.2, 0.25) is 12.2 Å². The Balaban J connectivity index is 2.79. The Morgan fingerprint density at radius 1 is 0.872 bits per heavy atom. The lowest BCUT2D eigenvalue weighted by Crippen LogP contribution is -2.53. The quantitative estimate of drug-likeness (QED) is 0.271. The molecule has 1 aromatic rings. The van der Waals surface area contributed by atoms with Crippen LogP contribution in [0.2, 0.25) is 0 Å². The number of aromatic nitrogens is 2. The van der Waals surface area contributed by atoms with Crippen molar-refractivity contribution < 1.29 is 47.6 Å². The van der Waals surface area contributed by atoms with Crippen molar-refractivity contribution in [3.63, 3.8) is 0 Å². The highest BCUT2D eigenvalue weighted by atomic mass is 16.7. The van der Waals surface area contributed by atoms with Gasteiger partial charge in [0.15, 0.2) is 12.2 Å². The first-order valence-corrected chi connectivity index (χ1v) is 12.4. The van der Waals surface area contributed by atoms with Gasteiger partial charge in [-0.2, -0.15) is 0 Å². The van der Waals surface area contributed by atoms with E-state index < -0.39 is 72.3 Å². The van der Waals surface area contributed by atoms with Crippen LogP contribution in [-0.2, 0) is 57.0 Å². The molecule has 39 heavy (non-hydrogen) atoms. The van der Waals surface area contributed by atoms with Crippen LogP contribution in [-0.4, -0.2) is 70.8 Å². The van der Waals surface area contributed by atoms with Gasteiger partial charge in [0.25, 0.3) is 5.56 Å². The molecule has 0 saturated heterocycles. The lowest BCUT2D eigenvalue weighted by Gasteiger charge is -2.40. The Morgan fingerprint density at radius 2 is 1.46 bits per heavy atom. The standard InChI is InChI=1S/C25H36N2O12/c1-12(2)10-35-19-9-17(20-23(32)26(7)25(33)27(8)24(20)39-19)21(37-15(5)30)22(38-16(6)31)18(36-14(4)29)11-34-13(3)28/h12,17-19,21-22H,9-11H2,1-8H3/t17-,18+,19-,21-,22-/m1/s1. The van der Waals surface area contributed by atoms with Gasteiger partial charge in [0.1, 0.15) is 12.7 Å². The Morgan fingerprint density at radius 3 is 1.97 bits per heavy atom. The summed E-state index contributed by atoms with van der Waals surface area (Å²) in [5.74, 6) is -4.22. The van der Waals surface area contributed by atoms with Crippen LogP contribution in [0.5, 0.6) is 5.88 Å². The summed E-state index contributed by atoms with van der Waals surface area (Å²) in [5, 5.41) is 0. The van der Waals surface area contributed by atoms with Crippen LogP contribution >= 0.6 is 0 Å². The third-order valence-electron chi connectivity index (χ3n) is 5.78. The number of carbonyl (C=O) groups excluding carboxylic acids is 4. The smallest absolute Gasteiger partial charge is 0.333 e. The number of rotatable bonds is 11. The van der Waals surface area contributed by atoms with E-state index in [1.165, 1.54) is 14.1 Å². The van der Waals surface area contributed by atoms with Gasteiger partial charge in [-0.05, 0) is 5.92 Å².